The molecule has 0 fully saturated rings. The number of nitrogens with zero attached hydrogens (tertiary/aromatic N) is 1. The van der Waals surface area contributed by atoms with Gasteiger partial charge in [-0.15, -0.1) is 0 Å². The van der Waals surface area contributed by atoms with Crippen LogP contribution in [0.1, 0.15) is 50.3 Å². The minimum Gasteiger partial charge on any atom is -0.493 e. The van der Waals surface area contributed by atoms with Crippen LogP contribution in [-0.2, 0) is 19.6 Å². The third-order valence-electron chi connectivity index (χ3n) is 4.18. The Kier molecular flexibility index (Phi) is 5.44. The first-order chi connectivity index (χ1) is 9.73. The van der Waals surface area contributed by atoms with E-state index in [-0.39, 0.29) is 6.61 Å². The molecule has 112 valence electrons. The van der Waals surface area contributed by atoms with Gasteiger partial charge in [0.2, 0.25) is 0 Å². The summed E-state index contributed by atoms with van der Waals surface area (Å²) in [5.74, 6) is 0.847. The predicted molar refractivity (Wildman–Crippen MR) is 82.0 cm³/mol. The summed E-state index contributed by atoms with van der Waals surface area (Å²) >= 11 is 0. The van der Waals surface area contributed by atoms with Gasteiger partial charge in [-0.3, -0.25) is 4.90 Å². The molecule has 1 unspecified atom stereocenters. The van der Waals surface area contributed by atoms with Crippen molar-refractivity contribution in [1.82, 2.24) is 4.90 Å². The Morgan fingerprint density at radius 2 is 2.05 bits per heavy atom. The summed E-state index contributed by atoms with van der Waals surface area (Å²) in [7, 11) is 0. The van der Waals surface area contributed by atoms with Crippen LogP contribution in [0.15, 0.2) is 12.1 Å². The lowest BCUT2D eigenvalue weighted by Crippen LogP contribution is -2.40. The predicted octanol–water partition coefficient (Wildman–Crippen LogP) is 3.12. The van der Waals surface area contributed by atoms with Gasteiger partial charge in [0.15, 0.2) is 0 Å². The maximum atomic E-state index is 9.52. The normalized spacial score (nSPS) is 18.9. The van der Waals surface area contributed by atoms with Crippen LogP contribution >= 0.6 is 0 Å². The zero-order valence-corrected chi connectivity index (χ0v) is 13.0. The molecule has 1 aromatic rings. The summed E-state index contributed by atoms with van der Waals surface area (Å²) < 4.78 is 5.66. The Balaban J connectivity index is 2.31. The van der Waals surface area contributed by atoms with E-state index in [0.717, 1.165) is 30.8 Å². The molecule has 1 heterocycles. The molecule has 0 saturated carbocycles. The van der Waals surface area contributed by atoms with Crippen LogP contribution in [0.5, 0.6) is 5.75 Å². The highest BCUT2D eigenvalue weighted by Crippen LogP contribution is 2.31. The molecule has 0 bridgehead atoms. The summed E-state index contributed by atoms with van der Waals surface area (Å²) in [6.45, 7) is 9.34. The lowest BCUT2D eigenvalue weighted by molar-refractivity contribution is 0.166. The van der Waals surface area contributed by atoms with Crippen LogP contribution in [0.2, 0.25) is 0 Å². The molecule has 1 aromatic carbocycles. The lowest BCUT2D eigenvalue weighted by Gasteiger charge is -2.36. The first-order valence-electron chi connectivity index (χ1n) is 7.85. The van der Waals surface area contributed by atoms with Gasteiger partial charge in [-0.25, -0.2) is 0 Å². The molecule has 20 heavy (non-hydrogen) atoms. The fourth-order valence-electron chi connectivity index (χ4n) is 3.15. The molecule has 0 radical (unpaired) electrons. The SMILES string of the molecule is CCCN1Cc2cc(OCC)c(CO)cc2CC1CC. The first kappa shape index (κ1) is 15.3. The molecular weight excluding hydrogens is 250 g/mol. The van der Waals surface area contributed by atoms with Gasteiger partial charge in [-0.2, -0.15) is 0 Å². The number of hydrogen-bond donors (Lipinski definition) is 1. The summed E-state index contributed by atoms with van der Waals surface area (Å²) in [6.07, 6.45) is 3.46. The molecule has 1 atom stereocenters. The molecule has 3 nitrogen and oxygen atoms in total. The van der Waals surface area contributed by atoms with Gasteiger partial charge in [-0.1, -0.05) is 13.8 Å². The second-order valence-electron chi connectivity index (χ2n) is 5.56. The van der Waals surface area contributed by atoms with E-state index in [9.17, 15) is 5.11 Å². The van der Waals surface area contributed by atoms with E-state index in [1.165, 1.54) is 24.0 Å². The molecule has 1 N–H and O–H groups in total. The molecular formula is C17H27NO2. The van der Waals surface area contributed by atoms with Gasteiger partial charge in [0.1, 0.15) is 5.75 Å². The van der Waals surface area contributed by atoms with E-state index in [1.54, 1.807) is 0 Å². The molecule has 0 saturated heterocycles. The number of rotatable bonds is 6. The number of aliphatic hydroxyl groups excluding tert-OH is 1. The average molecular weight is 277 g/mol. The minimum atomic E-state index is 0.0537. The Labute approximate surface area is 122 Å². The first-order valence-corrected chi connectivity index (χ1v) is 7.85. The Morgan fingerprint density at radius 1 is 1.25 bits per heavy atom. The van der Waals surface area contributed by atoms with Gasteiger partial charge >= 0.3 is 0 Å². The van der Waals surface area contributed by atoms with Crippen LogP contribution < -0.4 is 4.74 Å². The summed E-state index contributed by atoms with van der Waals surface area (Å²) in [4.78, 5) is 2.58. The fraction of sp³-hybridized carbons (Fsp3) is 0.647. The molecule has 0 aliphatic carbocycles. The number of benzene rings is 1. The van der Waals surface area contributed by atoms with Gasteiger partial charge in [0, 0.05) is 18.2 Å². The Morgan fingerprint density at radius 3 is 2.65 bits per heavy atom. The van der Waals surface area contributed by atoms with Crippen molar-refractivity contribution < 1.29 is 9.84 Å². The second kappa shape index (κ2) is 7.09. The maximum Gasteiger partial charge on any atom is 0.125 e. The van der Waals surface area contributed by atoms with Gasteiger partial charge in [0.25, 0.3) is 0 Å². The van der Waals surface area contributed by atoms with Gasteiger partial charge in [-0.05, 0) is 56.0 Å². The molecule has 2 rings (SSSR count). The van der Waals surface area contributed by atoms with E-state index in [0.29, 0.717) is 12.6 Å². The quantitative estimate of drug-likeness (QED) is 0.867. The van der Waals surface area contributed by atoms with Crippen LogP contribution in [-0.4, -0.2) is 29.2 Å². The van der Waals surface area contributed by atoms with Crippen molar-refractivity contribution in [2.24, 2.45) is 0 Å². The third-order valence-corrected chi connectivity index (χ3v) is 4.18. The minimum absolute atomic E-state index is 0.0537. The monoisotopic (exact) mass is 277 g/mol. The van der Waals surface area contributed by atoms with E-state index < -0.39 is 0 Å². The highest BCUT2D eigenvalue weighted by Gasteiger charge is 2.25. The average Bonchev–Trinajstić information content (AvgIpc) is 2.46. The largest absolute Gasteiger partial charge is 0.493 e. The van der Waals surface area contributed by atoms with Crippen molar-refractivity contribution in [2.45, 2.75) is 59.2 Å². The Bertz CT molecular complexity index is 445. The number of aliphatic hydroxyl groups is 1. The van der Waals surface area contributed by atoms with Crippen molar-refractivity contribution in [3.05, 3.63) is 28.8 Å². The smallest absolute Gasteiger partial charge is 0.125 e. The third kappa shape index (κ3) is 3.15. The second-order valence-corrected chi connectivity index (χ2v) is 5.56. The molecule has 0 aromatic heterocycles. The zero-order chi connectivity index (χ0) is 14.5. The standard InChI is InChI=1S/C17H27NO2/c1-4-7-18-11-14-10-17(20-6-3)15(12-19)8-13(14)9-16(18)5-2/h8,10,16,19H,4-7,9,11-12H2,1-3H3. The van der Waals surface area contributed by atoms with Crippen LogP contribution in [0.4, 0.5) is 0 Å². The summed E-state index contributed by atoms with van der Waals surface area (Å²) in [6, 6.07) is 4.91. The van der Waals surface area contributed by atoms with Crippen molar-refractivity contribution in [1.29, 1.82) is 0 Å². The number of fused-ring (bicyclic) bond motifs is 1. The topological polar surface area (TPSA) is 32.7 Å². The van der Waals surface area contributed by atoms with Crippen molar-refractivity contribution >= 4 is 0 Å². The van der Waals surface area contributed by atoms with E-state index in [4.69, 9.17) is 4.74 Å². The van der Waals surface area contributed by atoms with E-state index in [1.807, 2.05) is 6.92 Å². The van der Waals surface area contributed by atoms with Crippen molar-refractivity contribution in [3.63, 3.8) is 0 Å². The maximum absolute atomic E-state index is 9.52. The summed E-state index contributed by atoms with van der Waals surface area (Å²) in [5, 5.41) is 9.52. The van der Waals surface area contributed by atoms with Crippen molar-refractivity contribution in [3.8, 4) is 5.75 Å². The highest BCUT2D eigenvalue weighted by atomic mass is 16.5. The van der Waals surface area contributed by atoms with Crippen LogP contribution in [0.25, 0.3) is 0 Å². The zero-order valence-electron chi connectivity index (χ0n) is 13.0. The van der Waals surface area contributed by atoms with Gasteiger partial charge < -0.3 is 9.84 Å². The summed E-state index contributed by atoms with van der Waals surface area (Å²) in [5.41, 5.74) is 3.67. The molecule has 1 aliphatic rings. The van der Waals surface area contributed by atoms with E-state index in [2.05, 4.69) is 30.9 Å². The molecule has 0 spiro atoms. The number of ether oxygens (including phenoxy) is 1. The molecule has 1 aliphatic heterocycles. The van der Waals surface area contributed by atoms with Crippen LogP contribution in [0, 0.1) is 0 Å². The lowest BCUT2D eigenvalue weighted by atomic mass is 9.90. The van der Waals surface area contributed by atoms with Gasteiger partial charge in [0.05, 0.1) is 13.2 Å². The molecule has 0 amide bonds. The molecule has 3 heteroatoms. The highest BCUT2D eigenvalue weighted by molar-refractivity contribution is 5.44. The van der Waals surface area contributed by atoms with E-state index >= 15 is 0 Å². The van der Waals surface area contributed by atoms with Crippen LogP contribution in [0.3, 0.4) is 0 Å². The number of hydrogen-bond acceptors (Lipinski definition) is 3. The van der Waals surface area contributed by atoms with Crippen molar-refractivity contribution in [2.75, 3.05) is 13.2 Å². The Hall–Kier alpha value is -1.06. The fourth-order valence-corrected chi connectivity index (χ4v) is 3.15.